The van der Waals surface area contributed by atoms with Crippen molar-refractivity contribution in [3.05, 3.63) is 0 Å². The number of likely N-dealkylation sites (tertiary alicyclic amines) is 1. The Morgan fingerprint density at radius 3 is 2.56 bits per heavy atom. The van der Waals surface area contributed by atoms with Crippen LogP contribution in [0.2, 0.25) is 0 Å². The van der Waals surface area contributed by atoms with E-state index in [1.807, 2.05) is 0 Å². The third-order valence-electron chi connectivity index (χ3n) is 3.55. The lowest BCUT2D eigenvalue weighted by atomic mass is 9.87. The number of ketones is 1. The van der Waals surface area contributed by atoms with Crippen LogP contribution in [-0.4, -0.2) is 39.8 Å². The van der Waals surface area contributed by atoms with Gasteiger partial charge < -0.3 is 9.90 Å². The molecule has 1 heterocycles. The summed E-state index contributed by atoms with van der Waals surface area (Å²) in [5.41, 5.74) is -0.813. The average molecular weight is 322 g/mol. The third kappa shape index (κ3) is 2.77. The van der Waals surface area contributed by atoms with Gasteiger partial charge in [-0.05, 0) is 33.6 Å². The van der Waals surface area contributed by atoms with Crippen LogP contribution in [0.5, 0.6) is 0 Å². The van der Waals surface area contributed by atoms with E-state index in [4.69, 9.17) is 2.74 Å². The van der Waals surface area contributed by atoms with E-state index in [0.29, 0.717) is 12.8 Å². The molecule has 0 N–H and O–H groups in total. The molecular weight excluding hydrogens is 298 g/mol. The maximum Gasteiger partial charge on any atom is 0.258 e. The first-order valence-corrected chi connectivity index (χ1v) is 7.25. The highest BCUT2D eigenvalue weighted by Crippen LogP contribution is 2.36. The lowest BCUT2D eigenvalue weighted by molar-refractivity contribution is -0.945. The van der Waals surface area contributed by atoms with Crippen molar-refractivity contribution < 1.29 is 21.9 Å². The zero-order valence-corrected chi connectivity index (χ0v) is 12.7. The molecule has 0 aliphatic carbocycles. The first-order chi connectivity index (χ1) is 9.03. The highest BCUT2D eigenvalue weighted by Gasteiger charge is 2.50. The quantitative estimate of drug-likeness (QED) is 0.589. The molecule has 1 amide bonds. The molecule has 0 aromatic carbocycles. The fraction of sp³-hybridized carbons (Fsp3) is 0.846. The summed E-state index contributed by atoms with van der Waals surface area (Å²) in [6, 6.07) is -1.71. The van der Waals surface area contributed by atoms with Crippen molar-refractivity contribution in [2.24, 2.45) is 0 Å². The van der Waals surface area contributed by atoms with Gasteiger partial charge in [-0.2, -0.15) is 0 Å². The Morgan fingerprint density at radius 1 is 1.50 bits per heavy atom. The molecule has 4 nitrogen and oxygen atoms in total. The number of hydrogen-bond donors (Lipinski definition) is 0. The van der Waals surface area contributed by atoms with Crippen molar-refractivity contribution in [2.45, 2.75) is 58.0 Å². The number of nitrogens with zero attached hydrogens (tertiary/aromatic N) is 1. The van der Waals surface area contributed by atoms with Gasteiger partial charge in [0, 0.05) is 7.77 Å². The molecule has 1 rings (SSSR count). The second kappa shape index (κ2) is 5.70. The lowest BCUT2D eigenvalue weighted by Crippen LogP contribution is -2.73. The number of hydrogen-bond acceptors (Lipinski definition) is 3. The van der Waals surface area contributed by atoms with Gasteiger partial charge in [-0.3, -0.25) is 9.28 Å². The number of amides is 1. The summed E-state index contributed by atoms with van der Waals surface area (Å²) in [7, 11) is 0. The molecule has 2 unspecified atom stereocenters. The Balaban J connectivity index is 3.43. The van der Waals surface area contributed by atoms with Gasteiger partial charge in [0.05, 0.1) is 25.2 Å². The van der Waals surface area contributed by atoms with Crippen LogP contribution >= 0.6 is 15.9 Å². The number of alkyl halides is 1. The van der Waals surface area contributed by atoms with Gasteiger partial charge in [-0.15, -0.1) is 0 Å². The van der Waals surface area contributed by atoms with Crippen molar-refractivity contribution in [1.29, 1.82) is 0 Å². The Labute approximate surface area is 120 Å². The second-order valence-corrected chi connectivity index (χ2v) is 6.22. The third-order valence-corrected chi connectivity index (χ3v) is 4.18. The Bertz CT molecular complexity index is 413. The molecule has 3 atom stereocenters. The first kappa shape index (κ1) is 12.6. The number of halogens is 1. The fourth-order valence-corrected chi connectivity index (χ4v) is 2.80. The van der Waals surface area contributed by atoms with Crippen molar-refractivity contribution in [2.75, 3.05) is 11.9 Å². The predicted octanol–water partition coefficient (Wildman–Crippen LogP) is 1.85. The molecule has 1 aliphatic heterocycles. The topological polar surface area (TPSA) is 57.2 Å². The van der Waals surface area contributed by atoms with Gasteiger partial charge in [-0.1, -0.05) is 15.9 Å². The van der Waals surface area contributed by atoms with Crippen LogP contribution in [0.1, 0.15) is 49.2 Å². The van der Waals surface area contributed by atoms with Crippen LogP contribution in [0.25, 0.3) is 0 Å². The average Bonchev–Trinajstić information content (AvgIpc) is 2.30. The molecule has 1 fully saturated rings. The zero-order chi connectivity index (χ0) is 15.8. The summed E-state index contributed by atoms with van der Waals surface area (Å²) < 4.78 is 16.2. The van der Waals surface area contributed by atoms with Crippen LogP contribution in [-0.2, 0) is 4.79 Å². The van der Waals surface area contributed by atoms with E-state index in [2.05, 4.69) is 15.9 Å². The summed E-state index contributed by atoms with van der Waals surface area (Å²) in [5.74, 6) is -0.257. The summed E-state index contributed by atoms with van der Waals surface area (Å²) in [6.45, 7) is 5.40. The SMILES string of the molecule is [2H]C1CCC[N+](C(=O)[O-])(C(C)(C)C)[C@]1([2H])CC(=O)CBr. The van der Waals surface area contributed by atoms with E-state index in [1.165, 1.54) is 0 Å². The van der Waals surface area contributed by atoms with Crippen LogP contribution in [0.4, 0.5) is 4.79 Å². The van der Waals surface area contributed by atoms with Crippen molar-refractivity contribution in [3.63, 3.8) is 0 Å². The van der Waals surface area contributed by atoms with E-state index < -0.39 is 28.5 Å². The largest absolute Gasteiger partial charge is 0.498 e. The van der Waals surface area contributed by atoms with Crippen LogP contribution in [0.3, 0.4) is 0 Å². The van der Waals surface area contributed by atoms with Crippen LogP contribution in [0, 0.1) is 0 Å². The maximum absolute atomic E-state index is 11.9. The smallest absolute Gasteiger partial charge is 0.258 e. The predicted molar refractivity (Wildman–Crippen MR) is 71.3 cm³/mol. The normalized spacial score (nSPS) is 38.8. The summed E-state index contributed by atoms with van der Waals surface area (Å²) in [6.07, 6.45) is -1.56. The number of rotatable bonds is 3. The molecule has 5 heteroatoms. The minimum Gasteiger partial charge on any atom is -0.498 e. The first-order valence-electron chi connectivity index (χ1n) is 7.20. The van der Waals surface area contributed by atoms with Crippen molar-refractivity contribution >= 4 is 27.8 Å². The maximum atomic E-state index is 11.9. The number of carboxylic acid groups (broad SMARTS) is 1. The Hall–Kier alpha value is -0.420. The van der Waals surface area contributed by atoms with E-state index >= 15 is 0 Å². The fourth-order valence-electron chi connectivity index (χ4n) is 2.60. The second-order valence-electron chi connectivity index (χ2n) is 5.66. The van der Waals surface area contributed by atoms with Gasteiger partial charge >= 0.3 is 0 Å². The molecule has 1 saturated heterocycles. The van der Waals surface area contributed by atoms with Crippen molar-refractivity contribution in [1.82, 2.24) is 0 Å². The Morgan fingerprint density at radius 2 is 2.11 bits per heavy atom. The van der Waals surface area contributed by atoms with Gasteiger partial charge in [0.1, 0.15) is 11.8 Å². The molecule has 0 spiro atoms. The standard InChI is InChI=1S/C13H22BrNO3/c1-13(2,3)15(12(17)18)7-5-4-6-10(15)8-11(16)9-14/h10H,4-9H2,1-3H3/t10-,15?/m0/s1/i6D,10D/t6?,10-,15?. The van der Waals surface area contributed by atoms with E-state index in [1.54, 1.807) is 20.8 Å². The van der Waals surface area contributed by atoms with Gasteiger partial charge in [0.25, 0.3) is 6.09 Å². The van der Waals surface area contributed by atoms with Gasteiger partial charge in [-0.25, -0.2) is 0 Å². The van der Waals surface area contributed by atoms with E-state index in [9.17, 15) is 14.7 Å². The molecule has 104 valence electrons. The molecule has 0 radical (unpaired) electrons. The Kier molecular flexibility index (Phi) is 3.99. The van der Waals surface area contributed by atoms with Crippen molar-refractivity contribution in [3.8, 4) is 0 Å². The number of carbonyl (C=O) groups excluding carboxylic acids is 2. The number of quaternary nitrogens is 1. The van der Waals surface area contributed by atoms with Crippen LogP contribution < -0.4 is 5.11 Å². The molecular formula is C13H22BrNO3. The minimum absolute atomic E-state index is 0.0670. The highest BCUT2D eigenvalue weighted by molar-refractivity contribution is 9.09. The summed E-state index contributed by atoms with van der Waals surface area (Å²) in [4.78, 5) is 23.7. The lowest BCUT2D eigenvalue weighted by Gasteiger charge is -2.54. The van der Waals surface area contributed by atoms with E-state index in [-0.39, 0.29) is 24.1 Å². The van der Waals surface area contributed by atoms with Gasteiger partial charge in [0.15, 0.2) is 0 Å². The number of Topliss-reactive ketones (excluding diaryl/α,β-unsaturated/α-hetero) is 1. The minimum atomic E-state index is -1.71. The number of piperidine rings is 1. The summed E-state index contributed by atoms with van der Waals surface area (Å²) >= 11 is 3.05. The molecule has 0 aromatic rings. The monoisotopic (exact) mass is 321 g/mol. The molecule has 18 heavy (non-hydrogen) atoms. The zero-order valence-electron chi connectivity index (χ0n) is 13.2. The summed E-state index contributed by atoms with van der Waals surface area (Å²) in [5, 5.41) is 12.0. The van der Waals surface area contributed by atoms with Crippen LogP contribution in [0.15, 0.2) is 0 Å². The number of carbonyl (C=O) groups is 2. The molecule has 0 bridgehead atoms. The highest BCUT2D eigenvalue weighted by atomic mass is 79.9. The molecule has 1 aliphatic rings. The van der Waals surface area contributed by atoms with E-state index in [0.717, 1.165) is 0 Å². The van der Waals surface area contributed by atoms with Gasteiger partial charge in [0.2, 0.25) is 0 Å². The molecule has 0 saturated carbocycles. The molecule has 0 aromatic heterocycles.